The zero-order valence-corrected chi connectivity index (χ0v) is 11.3. The molecule has 2 aromatic rings. The SMILES string of the molecule is C=CC(N)NC(c1ccccc1)C(O)c1ccccc1. The minimum Gasteiger partial charge on any atom is -0.386 e. The first-order chi connectivity index (χ1) is 9.72. The molecule has 0 saturated heterocycles. The van der Waals surface area contributed by atoms with E-state index in [0.29, 0.717) is 0 Å². The number of benzene rings is 2. The third-order valence-electron chi connectivity index (χ3n) is 3.24. The molecule has 3 nitrogen and oxygen atoms in total. The molecular weight excluding hydrogens is 248 g/mol. The van der Waals surface area contributed by atoms with E-state index in [0.717, 1.165) is 11.1 Å². The van der Waals surface area contributed by atoms with Crippen LogP contribution in [0.3, 0.4) is 0 Å². The average Bonchev–Trinajstić information content (AvgIpc) is 2.53. The second-order valence-corrected chi connectivity index (χ2v) is 4.67. The zero-order valence-electron chi connectivity index (χ0n) is 11.3. The molecule has 0 bridgehead atoms. The molecule has 4 N–H and O–H groups in total. The standard InChI is InChI=1S/C17H20N2O/c1-2-15(18)19-16(13-9-5-3-6-10-13)17(20)14-11-7-4-8-12-14/h2-12,15-17,19-20H,1,18H2. The van der Waals surface area contributed by atoms with Crippen LogP contribution in [0.1, 0.15) is 23.3 Å². The fraction of sp³-hybridized carbons (Fsp3) is 0.176. The lowest BCUT2D eigenvalue weighted by molar-refractivity contribution is 0.125. The van der Waals surface area contributed by atoms with Gasteiger partial charge in [-0.2, -0.15) is 0 Å². The van der Waals surface area contributed by atoms with Crippen molar-refractivity contribution in [3.63, 3.8) is 0 Å². The van der Waals surface area contributed by atoms with Crippen molar-refractivity contribution in [1.29, 1.82) is 0 Å². The molecule has 104 valence electrons. The van der Waals surface area contributed by atoms with Crippen LogP contribution in [-0.4, -0.2) is 11.3 Å². The number of hydrogen-bond acceptors (Lipinski definition) is 3. The second-order valence-electron chi connectivity index (χ2n) is 4.67. The van der Waals surface area contributed by atoms with E-state index in [1.807, 2.05) is 60.7 Å². The highest BCUT2D eigenvalue weighted by Crippen LogP contribution is 2.28. The third kappa shape index (κ3) is 3.54. The Hall–Kier alpha value is -1.94. The highest BCUT2D eigenvalue weighted by Gasteiger charge is 2.23. The quantitative estimate of drug-likeness (QED) is 0.557. The summed E-state index contributed by atoms with van der Waals surface area (Å²) >= 11 is 0. The van der Waals surface area contributed by atoms with Gasteiger partial charge in [-0.3, -0.25) is 5.32 Å². The first-order valence-electron chi connectivity index (χ1n) is 6.64. The maximum absolute atomic E-state index is 10.6. The van der Waals surface area contributed by atoms with Crippen molar-refractivity contribution in [2.24, 2.45) is 5.73 Å². The lowest BCUT2D eigenvalue weighted by Crippen LogP contribution is -2.40. The van der Waals surface area contributed by atoms with Crippen molar-refractivity contribution in [3.05, 3.63) is 84.4 Å². The van der Waals surface area contributed by atoms with Crippen molar-refractivity contribution >= 4 is 0 Å². The van der Waals surface area contributed by atoms with Gasteiger partial charge in [0.1, 0.15) is 0 Å². The molecule has 0 aromatic heterocycles. The summed E-state index contributed by atoms with van der Waals surface area (Å²) in [6.07, 6.45) is 0.566. The lowest BCUT2D eigenvalue weighted by Gasteiger charge is -2.27. The fourth-order valence-electron chi connectivity index (χ4n) is 2.15. The minimum absolute atomic E-state index is 0.286. The second kappa shape index (κ2) is 7.01. The Balaban J connectivity index is 2.29. The van der Waals surface area contributed by atoms with Gasteiger partial charge in [0.15, 0.2) is 0 Å². The number of nitrogens with two attached hydrogens (primary N) is 1. The van der Waals surface area contributed by atoms with E-state index in [2.05, 4.69) is 11.9 Å². The van der Waals surface area contributed by atoms with E-state index in [1.165, 1.54) is 0 Å². The van der Waals surface area contributed by atoms with Gasteiger partial charge in [-0.1, -0.05) is 66.7 Å². The Morgan fingerprint density at radius 3 is 1.95 bits per heavy atom. The molecule has 3 atom stereocenters. The topological polar surface area (TPSA) is 58.3 Å². The van der Waals surface area contributed by atoms with Crippen LogP contribution < -0.4 is 11.1 Å². The number of aliphatic hydroxyl groups is 1. The number of hydrogen-bond donors (Lipinski definition) is 3. The average molecular weight is 268 g/mol. The van der Waals surface area contributed by atoms with E-state index < -0.39 is 6.10 Å². The van der Waals surface area contributed by atoms with Crippen molar-refractivity contribution in [2.75, 3.05) is 0 Å². The van der Waals surface area contributed by atoms with Crippen molar-refractivity contribution < 1.29 is 5.11 Å². The molecular formula is C17H20N2O. The van der Waals surface area contributed by atoms with Crippen LogP contribution in [0.2, 0.25) is 0 Å². The van der Waals surface area contributed by atoms with E-state index in [4.69, 9.17) is 5.73 Å². The van der Waals surface area contributed by atoms with Gasteiger partial charge in [0.2, 0.25) is 0 Å². The van der Waals surface area contributed by atoms with Gasteiger partial charge in [0.05, 0.1) is 18.3 Å². The lowest BCUT2D eigenvalue weighted by atomic mass is 9.95. The van der Waals surface area contributed by atoms with Crippen LogP contribution >= 0.6 is 0 Å². The summed E-state index contributed by atoms with van der Waals surface area (Å²) in [5.74, 6) is 0. The van der Waals surface area contributed by atoms with Crippen molar-refractivity contribution in [2.45, 2.75) is 18.3 Å². The van der Waals surface area contributed by atoms with Crippen LogP contribution in [0.15, 0.2) is 73.3 Å². The van der Waals surface area contributed by atoms with E-state index in [-0.39, 0.29) is 12.2 Å². The molecule has 2 aromatic carbocycles. The van der Waals surface area contributed by atoms with Crippen molar-refractivity contribution in [1.82, 2.24) is 5.32 Å². The van der Waals surface area contributed by atoms with E-state index in [9.17, 15) is 5.11 Å². The Kier molecular flexibility index (Phi) is 5.07. The Morgan fingerprint density at radius 2 is 1.45 bits per heavy atom. The van der Waals surface area contributed by atoms with Crippen LogP contribution in [0.4, 0.5) is 0 Å². The molecule has 2 rings (SSSR count). The zero-order chi connectivity index (χ0) is 14.4. The monoisotopic (exact) mass is 268 g/mol. The maximum atomic E-state index is 10.6. The number of aliphatic hydroxyl groups excluding tert-OH is 1. The molecule has 0 aliphatic rings. The molecule has 0 heterocycles. The summed E-state index contributed by atoms with van der Waals surface area (Å²) in [5.41, 5.74) is 7.73. The van der Waals surface area contributed by atoms with Crippen molar-refractivity contribution in [3.8, 4) is 0 Å². The normalized spacial score (nSPS) is 15.3. The minimum atomic E-state index is -0.676. The predicted octanol–water partition coefficient (Wildman–Crippen LogP) is 2.52. The highest BCUT2D eigenvalue weighted by atomic mass is 16.3. The summed E-state index contributed by atoms with van der Waals surface area (Å²) in [5, 5.41) is 13.8. The Bertz CT molecular complexity index is 527. The largest absolute Gasteiger partial charge is 0.386 e. The van der Waals surface area contributed by atoms with Gasteiger partial charge in [0, 0.05) is 0 Å². The first-order valence-corrected chi connectivity index (χ1v) is 6.64. The molecule has 20 heavy (non-hydrogen) atoms. The summed E-state index contributed by atoms with van der Waals surface area (Å²) in [6, 6.07) is 19.1. The summed E-state index contributed by atoms with van der Waals surface area (Å²) in [4.78, 5) is 0. The molecule has 3 heteroatoms. The smallest absolute Gasteiger partial charge is 0.0985 e. The molecule has 3 unspecified atom stereocenters. The van der Waals surface area contributed by atoms with Gasteiger partial charge in [-0.15, -0.1) is 6.58 Å². The molecule has 0 spiro atoms. The van der Waals surface area contributed by atoms with Gasteiger partial charge < -0.3 is 10.8 Å². The highest BCUT2D eigenvalue weighted by molar-refractivity contribution is 5.26. The van der Waals surface area contributed by atoms with Gasteiger partial charge in [0.25, 0.3) is 0 Å². The van der Waals surface area contributed by atoms with Crippen LogP contribution in [-0.2, 0) is 0 Å². The van der Waals surface area contributed by atoms with Crippen LogP contribution in [0.5, 0.6) is 0 Å². The number of nitrogens with one attached hydrogen (secondary N) is 1. The molecule has 0 saturated carbocycles. The first kappa shape index (κ1) is 14.5. The number of rotatable bonds is 6. The maximum Gasteiger partial charge on any atom is 0.0985 e. The molecule has 0 fully saturated rings. The van der Waals surface area contributed by atoms with Crippen LogP contribution in [0.25, 0.3) is 0 Å². The third-order valence-corrected chi connectivity index (χ3v) is 3.24. The molecule has 0 aliphatic carbocycles. The molecule has 0 radical (unpaired) electrons. The Labute approximate surface area is 119 Å². The predicted molar refractivity (Wildman–Crippen MR) is 81.9 cm³/mol. The molecule has 0 aliphatic heterocycles. The molecule has 0 amide bonds. The summed E-state index contributed by atoms with van der Waals surface area (Å²) in [6.45, 7) is 3.67. The fourth-order valence-corrected chi connectivity index (χ4v) is 2.15. The van der Waals surface area contributed by atoms with Gasteiger partial charge in [-0.05, 0) is 11.1 Å². The van der Waals surface area contributed by atoms with E-state index >= 15 is 0 Å². The van der Waals surface area contributed by atoms with Crippen LogP contribution in [0, 0.1) is 0 Å². The summed E-state index contributed by atoms with van der Waals surface area (Å²) in [7, 11) is 0. The van der Waals surface area contributed by atoms with Gasteiger partial charge >= 0.3 is 0 Å². The summed E-state index contributed by atoms with van der Waals surface area (Å²) < 4.78 is 0. The van der Waals surface area contributed by atoms with E-state index in [1.54, 1.807) is 6.08 Å². The Morgan fingerprint density at radius 1 is 0.950 bits per heavy atom. The van der Waals surface area contributed by atoms with Gasteiger partial charge in [-0.25, -0.2) is 0 Å².